The highest BCUT2D eigenvalue weighted by Gasteiger charge is 2.16. The SMILES string of the molecule is Cc1cc(C)nc(SCc2ccccc2C(=O)OCC(=O)c2cccc(F)c2)n1. The molecule has 0 bridgehead atoms. The van der Waals surface area contributed by atoms with Crippen molar-refractivity contribution in [1.29, 1.82) is 0 Å². The number of thioether (sulfide) groups is 1. The molecule has 1 aromatic heterocycles. The maximum atomic E-state index is 13.2. The Morgan fingerprint density at radius 3 is 2.45 bits per heavy atom. The molecule has 148 valence electrons. The lowest BCUT2D eigenvalue weighted by atomic mass is 10.1. The number of nitrogens with zero attached hydrogens (tertiary/aromatic N) is 2. The average molecular weight is 410 g/mol. The van der Waals surface area contributed by atoms with E-state index in [-0.39, 0.29) is 5.56 Å². The van der Waals surface area contributed by atoms with Gasteiger partial charge in [0.1, 0.15) is 5.82 Å². The Morgan fingerprint density at radius 1 is 1.00 bits per heavy atom. The fourth-order valence-corrected chi connectivity index (χ4v) is 3.65. The van der Waals surface area contributed by atoms with Crippen LogP contribution in [0.25, 0.3) is 0 Å². The van der Waals surface area contributed by atoms with E-state index in [1.165, 1.54) is 30.0 Å². The van der Waals surface area contributed by atoms with E-state index in [0.717, 1.165) is 23.0 Å². The minimum Gasteiger partial charge on any atom is -0.454 e. The van der Waals surface area contributed by atoms with E-state index in [0.29, 0.717) is 16.5 Å². The number of hydrogen-bond donors (Lipinski definition) is 0. The maximum absolute atomic E-state index is 13.2. The summed E-state index contributed by atoms with van der Waals surface area (Å²) in [7, 11) is 0. The lowest BCUT2D eigenvalue weighted by Crippen LogP contribution is -2.15. The third-order valence-corrected chi connectivity index (χ3v) is 4.93. The van der Waals surface area contributed by atoms with Gasteiger partial charge >= 0.3 is 5.97 Å². The first-order chi connectivity index (χ1) is 13.9. The number of aryl methyl sites for hydroxylation is 2. The average Bonchev–Trinajstić information content (AvgIpc) is 2.69. The molecule has 2 aromatic carbocycles. The summed E-state index contributed by atoms with van der Waals surface area (Å²) in [6, 6.07) is 14.2. The molecule has 0 aliphatic carbocycles. The van der Waals surface area contributed by atoms with Crippen molar-refractivity contribution >= 4 is 23.5 Å². The van der Waals surface area contributed by atoms with Crippen LogP contribution in [-0.4, -0.2) is 28.3 Å². The molecule has 0 atom stereocenters. The summed E-state index contributed by atoms with van der Waals surface area (Å²) >= 11 is 1.42. The zero-order valence-corrected chi connectivity index (χ0v) is 16.8. The van der Waals surface area contributed by atoms with Crippen molar-refractivity contribution in [2.75, 3.05) is 6.61 Å². The van der Waals surface area contributed by atoms with Crippen molar-refractivity contribution in [3.05, 3.63) is 88.5 Å². The maximum Gasteiger partial charge on any atom is 0.338 e. The van der Waals surface area contributed by atoms with Crippen LogP contribution >= 0.6 is 11.8 Å². The largest absolute Gasteiger partial charge is 0.454 e. The van der Waals surface area contributed by atoms with Gasteiger partial charge < -0.3 is 4.74 Å². The van der Waals surface area contributed by atoms with Crippen LogP contribution < -0.4 is 0 Å². The lowest BCUT2D eigenvalue weighted by molar-refractivity contribution is 0.0474. The van der Waals surface area contributed by atoms with Gasteiger partial charge in [-0.2, -0.15) is 0 Å². The highest BCUT2D eigenvalue weighted by Crippen LogP contribution is 2.23. The molecule has 3 aromatic rings. The molecule has 0 saturated heterocycles. The number of ketones is 1. The number of carbonyl (C=O) groups excluding carboxylic acids is 2. The van der Waals surface area contributed by atoms with Gasteiger partial charge in [-0.15, -0.1) is 0 Å². The fraction of sp³-hybridized carbons (Fsp3) is 0.182. The van der Waals surface area contributed by atoms with Crippen molar-refractivity contribution in [3.63, 3.8) is 0 Å². The molecule has 0 amide bonds. The van der Waals surface area contributed by atoms with E-state index in [2.05, 4.69) is 9.97 Å². The predicted molar refractivity (Wildman–Crippen MR) is 109 cm³/mol. The first kappa shape index (κ1) is 20.7. The number of ether oxygens (including phenoxy) is 1. The van der Waals surface area contributed by atoms with Gasteiger partial charge in [0.05, 0.1) is 5.56 Å². The number of rotatable bonds is 7. The lowest BCUT2D eigenvalue weighted by Gasteiger charge is -2.09. The fourth-order valence-electron chi connectivity index (χ4n) is 2.70. The summed E-state index contributed by atoms with van der Waals surface area (Å²) in [4.78, 5) is 33.4. The van der Waals surface area contributed by atoms with Crippen LogP contribution in [0.4, 0.5) is 4.39 Å². The van der Waals surface area contributed by atoms with Crippen LogP contribution in [0.1, 0.15) is 37.7 Å². The van der Waals surface area contributed by atoms with Crippen LogP contribution in [-0.2, 0) is 10.5 Å². The third kappa shape index (κ3) is 5.71. The van der Waals surface area contributed by atoms with Crippen molar-refractivity contribution in [2.45, 2.75) is 24.8 Å². The molecule has 0 radical (unpaired) electrons. The summed E-state index contributed by atoms with van der Waals surface area (Å²) in [5, 5.41) is 0.631. The van der Waals surface area contributed by atoms with Crippen LogP contribution in [0.3, 0.4) is 0 Å². The smallest absolute Gasteiger partial charge is 0.338 e. The Balaban J connectivity index is 1.66. The van der Waals surface area contributed by atoms with Crippen molar-refractivity contribution in [3.8, 4) is 0 Å². The number of hydrogen-bond acceptors (Lipinski definition) is 6. The standard InChI is InChI=1S/C22H19FN2O3S/c1-14-10-15(2)25-22(24-14)29-13-17-6-3-4-9-19(17)21(27)28-12-20(26)16-7-5-8-18(23)11-16/h3-11H,12-13H2,1-2H3. The molecular weight excluding hydrogens is 391 g/mol. The molecule has 5 nitrogen and oxygen atoms in total. The van der Waals surface area contributed by atoms with E-state index < -0.39 is 24.2 Å². The Bertz CT molecular complexity index is 1040. The molecule has 0 aliphatic heterocycles. The molecule has 0 spiro atoms. The first-order valence-corrected chi connectivity index (χ1v) is 9.90. The second kappa shape index (κ2) is 9.43. The van der Waals surface area contributed by atoms with Gasteiger partial charge in [-0.05, 0) is 43.7 Å². The summed E-state index contributed by atoms with van der Waals surface area (Å²) < 4.78 is 18.4. The summed E-state index contributed by atoms with van der Waals surface area (Å²) in [5.41, 5.74) is 3.04. The van der Waals surface area contributed by atoms with Gasteiger partial charge in [0, 0.05) is 22.7 Å². The Kier molecular flexibility index (Phi) is 6.72. The Labute approximate surface area is 172 Å². The zero-order valence-electron chi connectivity index (χ0n) is 16.0. The topological polar surface area (TPSA) is 69.2 Å². The van der Waals surface area contributed by atoms with Gasteiger partial charge in [0.2, 0.25) is 0 Å². The van der Waals surface area contributed by atoms with Crippen molar-refractivity contribution in [1.82, 2.24) is 9.97 Å². The number of aromatic nitrogens is 2. The molecule has 1 heterocycles. The molecule has 0 N–H and O–H groups in total. The molecule has 0 saturated carbocycles. The van der Waals surface area contributed by atoms with E-state index in [1.807, 2.05) is 32.0 Å². The van der Waals surface area contributed by atoms with Crippen LogP contribution in [0.2, 0.25) is 0 Å². The quantitative estimate of drug-likeness (QED) is 0.246. The van der Waals surface area contributed by atoms with Crippen molar-refractivity contribution < 1.29 is 18.7 Å². The van der Waals surface area contributed by atoms with Gasteiger partial charge in [-0.25, -0.2) is 19.2 Å². The van der Waals surface area contributed by atoms with Crippen molar-refractivity contribution in [2.24, 2.45) is 0 Å². The number of benzene rings is 2. The number of halogens is 1. The first-order valence-electron chi connectivity index (χ1n) is 8.91. The van der Waals surface area contributed by atoms with Crippen LogP contribution in [0.5, 0.6) is 0 Å². The van der Waals surface area contributed by atoms with Gasteiger partial charge in [0.25, 0.3) is 0 Å². The van der Waals surface area contributed by atoms with Gasteiger partial charge in [-0.3, -0.25) is 4.79 Å². The molecule has 3 rings (SSSR count). The van der Waals surface area contributed by atoms with E-state index in [1.54, 1.807) is 12.1 Å². The summed E-state index contributed by atoms with van der Waals surface area (Å²) in [6.07, 6.45) is 0. The van der Waals surface area contributed by atoms with Crippen LogP contribution in [0.15, 0.2) is 59.8 Å². The highest BCUT2D eigenvalue weighted by atomic mass is 32.2. The predicted octanol–water partition coefficient (Wildman–Crippen LogP) is 4.56. The third-order valence-electron chi connectivity index (χ3n) is 4.04. The van der Waals surface area contributed by atoms with Crippen LogP contribution in [0, 0.1) is 19.7 Å². The summed E-state index contributed by atoms with van der Waals surface area (Å²) in [6.45, 7) is 3.35. The minimum atomic E-state index is -0.604. The molecular formula is C22H19FN2O3S. The van der Waals surface area contributed by atoms with E-state index >= 15 is 0 Å². The summed E-state index contributed by atoms with van der Waals surface area (Å²) in [5.74, 6) is -1.11. The molecule has 0 aliphatic rings. The number of Topliss-reactive ketones (excluding diaryl/α,β-unsaturated/α-hetero) is 1. The second-order valence-electron chi connectivity index (χ2n) is 6.39. The van der Waals surface area contributed by atoms with E-state index in [9.17, 15) is 14.0 Å². The molecule has 29 heavy (non-hydrogen) atoms. The highest BCUT2D eigenvalue weighted by molar-refractivity contribution is 7.98. The zero-order chi connectivity index (χ0) is 20.8. The Hall–Kier alpha value is -3.06. The molecule has 0 fully saturated rings. The second-order valence-corrected chi connectivity index (χ2v) is 7.33. The van der Waals surface area contributed by atoms with Gasteiger partial charge in [-0.1, -0.05) is 42.1 Å². The minimum absolute atomic E-state index is 0.161. The van der Waals surface area contributed by atoms with E-state index in [4.69, 9.17) is 4.74 Å². The molecule has 7 heteroatoms. The molecule has 0 unspecified atom stereocenters. The Morgan fingerprint density at radius 2 is 1.72 bits per heavy atom. The number of esters is 1. The van der Waals surface area contributed by atoms with Gasteiger partial charge in [0.15, 0.2) is 17.5 Å². The normalized spacial score (nSPS) is 10.6. The monoisotopic (exact) mass is 410 g/mol. The number of carbonyl (C=O) groups is 2.